The number of aromatic nitrogens is 1. The van der Waals surface area contributed by atoms with E-state index in [0.717, 1.165) is 18.5 Å². The summed E-state index contributed by atoms with van der Waals surface area (Å²) >= 11 is 0. The first kappa shape index (κ1) is 8.73. The summed E-state index contributed by atoms with van der Waals surface area (Å²) in [6, 6.07) is 8.07. The summed E-state index contributed by atoms with van der Waals surface area (Å²) in [5, 5.41) is 8.54. The molecule has 0 saturated carbocycles. The van der Waals surface area contributed by atoms with Gasteiger partial charge in [-0.15, -0.1) is 0 Å². The van der Waals surface area contributed by atoms with Gasteiger partial charge >= 0.3 is 0 Å². The third kappa shape index (κ3) is 2.71. The van der Waals surface area contributed by atoms with Crippen LogP contribution in [0.2, 0.25) is 0 Å². The van der Waals surface area contributed by atoms with Gasteiger partial charge in [0.25, 0.3) is 0 Å². The topological polar surface area (TPSA) is 36.7 Å². The van der Waals surface area contributed by atoms with Gasteiger partial charge in [-0.25, -0.2) is 0 Å². The largest absolute Gasteiger partial charge is 0.261 e. The van der Waals surface area contributed by atoms with Crippen molar-refractivity contribution in [2.75, 3.05) is 0 Å². The number of pyridine rings is 1. The Balaban J connectivity index is 2.40. The van der Waals surface area contributed by atoms with E-state index in [2.05, 4.69) is 11.1 Å². The third-order valence-corrected chi connectivity index (χ3v) is 1.78. The molecule has 1 atom stereocenters. The second-order valence-electron chi connectivity index (χ2n) is 2.89. The molecule has 1 aromatic rings. The van der Waals surface area contributed by atoms with Gasteiger partial charge in [0, 0.05) is 17.8 Å². The molecule has 0 spiro atoms. The first-order chi connectivity index (χ1) is 5.83. The molecule has 2 heteroatoms. The lowest BCUT2D eigenvalue weighted by molar-refractivity contribution is 0.652. The van der Waals surface area contributed by atoms with Gasteiger partial charge < -0.3 is 0 Å². The fourth-order valence-corrected chi connectivity index (χ4v) is 0.975. The highest BCUT2D eigenvalue weighted by atomic mass is 14.7. The molecule has 12 heavy (non-hydrogen) atoms. The van der Waals surface area contributed by atoms with E-state index >= 15 is 0 Å². The highest BCUT2D eigenvalue weighted by Crippen LogP contribution is 2.05. The summed E-state index contributed by atoms with van der Waals surface area (Å²) in [5.41, 5.74) is 1.07. The van der Waals surface area contributed by atoms with E-state index in [0.29, 0.717) is 0 Å². The van der Waals surface area contributed by atoms with Crippen LogP contribution < -0.4 is 0 Å². The summed E-state index contributed by atoms with van der Waals surface area (Å²) in [6.07, 6.45) is 3.58. The molecule has 0 saturated heterocycles. The third-order valence-electron chi connectivity index (χ3n) is 1.78. The molecular weight excluding hydrogens is 148 g/mol. The molecule has 2 nitrogen and oxygen atoms in total. The van der Waals surface area contributed by atoms with Gasteiger partial charge in [0.2, 0.25) is 0 Å². The van der Waals surface area contributed by atoms with Gasteiger partial charge in [-0.3, -0.25) is 4.98 Å². The Kier molecular flexibility index (Phi) is 3.28. The summed E-state index contributed by atoms with van der Waals surface area (Å²) < 4.78 is 0. The minimum atomic E-state index is 0.131. The van der Waals surface area contributed by atoms with Crippen LogP contribution in [0.5, 0.6) is 0 Å². The van der Waals surface area contributed by atoms with Crippen LogP contribution in [-0.2, 0) is 6.42 Å². The Morgan fingerprint density at radius 1 is 1.58 bits per heavy atom. The molecule has 0 bridgehead atoms. The van der Waals surface area contributed by atoms with Crippen molar-refractivity contribution < 1.29 is 0 Å². The molecule has 1 aromatic heterocycles. The zero-order chi connectivity index (χ0) is 8.81. The monoisotopic (exact) mass is 160 g/mol. The van der Waals surface area contributed by atoms with E-state index < -0.39 is 0 Å². The number of nitriles is 1. The van der Waals surface area contributed by atoms with Gasteiger partial charge in [-0.05, 0) is 31.9 Å². The van der Waals surface area contributed by atoms with Crippen LogP contribution in [-0.4, -0.2) is 4.98 Å². The van der Waals surface area contributed by atoms with Crippen molar-refractivity contribution >= 4 is 0 Å². The Morgan fingerprint density at radius 2 is 2.42 bits per heavy atom. The van der Waals surface area contributed by atoms with E-state index in [1.54, 1.807) is 6.20 Å². The Bertz CT molecular complexity index is 261. The van der Waals surface area contributed by atoms with Crippen LogP contribution in [0.3, 0.4) is 0 Å². The zero-order valence-electron chi connectivity index (χ0n) is 7.20. The maximum absolute atomic E-state index is 8.54. The molecular formula is C10H12N2. The first-order valence-corrected chi connectivity index (χ1v) is 4.12. The van der Waals surface area contributed by atoms with Crippen molar-refractivity contribution in [3.05, 3.63) is 30.1 Å². The van der Waals surface area contributed by atoms with Crippen LogP contribution >= 0.6 is 0 Å². The summed E-state index contributed by atoms with van der Waals surface area (Å²) in [4.78, 5) is 4.18. The van der Waals surface area contributed by atoms with Crippen molar-refractivity contribution in [1.82, 2.24) is 4.98 Å². The van der Waals surface area contributed by atoms with Crippen molar-refractivity contribution in [1.29, 1.82) is 5.26 Å². The highest BCUT2D eigenvalue weighted by molar-refractivity contribution is 5.03. The standard InChI is InChI=1S/C10H12N2/c1-9(8-11)5-6-10-4-2-3-7-12-10/h2-4,7,9H,5-6H2,1H3. The van der Waals surface area contributed by atoms with E-state index in [1.165, 1.54) is 0 Å². The van der Waals surface area contributed by atoms with Crippen LogP contribution in [0.4, 0.5) is 0 Å². The zero-order valence-corrected chi connectivity index (χ0v) is 7.20. The Labute approximate surface area is 72.9 Å². The smallest absolute Gasteiger partial charge is 0.0652 e. The number of hydrogen-bond donors (Lipinski definition) is 0. The Hall–Kier alpha value is -1.36. The fraction of sp³-hybridized carbons (Fsp3) is 0.400. The fourth-order valence-electron chi connectivity index (χ4n) is 0.975. The second kappa shape index (κ2) is 4.50. The first-order valence-electron chi connectivity index (χ1n) is 4.12. The van der Waals surface area contributed by atoms with E-state index in [-0.39, 0.29) is 5.92 Å². The van der Waals surface area contributed by atoms with E-state index in [4.69, 9.17) is 5.26 Å². The molecule has 0 aliphatic carbocycles. The van der Waals surface area contributed by atoms with Crippen LogP contribution in [0, 0.1) is 17.2 Å². The van der Waals surface area contributed by atoms with Gasteiger partial charge in [-0.2, -0.15) is 5.26 Å². The van der Waals surface area contributed by atoms with Crippen molar-refractivity contribution in [3.63, 3.8) is 0 Å². The molecule has 0 aromatic carbocycles. The van der Waals surface area contributed by atoms with Crippen molar-refractivity contribution in [3.8, 4) is 6.07 Å². The highest BCUT2D eigenvalue weighted by Gasteiger charge is 1.99. The molecule has 1 rings (SSSR count). The maximum atomic E-state index is 8.54. The minimum Gasteiger partial charge on any atom is -0.261 e. The molecule has 1 heterocycles. The molecule has 0 radical (unpaired) electrons. The minimum absolute atomic E-state index is 0.131. The number of aryl methyl sites for hydroxylation is 1. The summed E-state index contributed by atoms with van der Waals surface area (Å²) in [6.45, 7) is 1.93. The predicted molar refractivity (Wildman–Crippen MR) is 47.3 cm³/mol. The van der Waals surface area contributed by atoms with Crippen LogP contribution in [0.15, 0.2) is 24.4 Å². The van der Waals surface area contributed by atoms with Crippen LogP contribution in [0.1, 0.15) is 19.0 Å². The molecule has 1 unspecified atom stereocenters. The van der Waals surface area contributed by atoms with Gasteiger partial charge in [0.1, 0.15) is 0 Å². The molecule has 0 amide bonds. The van der Waals surface area contributed by atoms with E-state index in [1.807, 2.05) is 25.1 Å². The summed E-state index contributed by atoms with van der Waals surface area (Å²) in [5.74, 6) is 0.131. The quantitative estimate of drug-likeness (QED) is 0.679. The average Bonchev–Trinajstić information content (AvgIpc) is 2.16. The average molecular weight is 160 g/mol. The molecule has 0 aliphatic heterocycles. The second-order valence-corrected chi connectivity index (χ2v) is 2.89. The predicted octanol–water partition coefficient (Wildman–Crippen LogP) is 2.17. The lowest BCUT2D eigenvalue weighted by Crippen LogP contribution is -1.95. The Morgan fingerprint density at radius 3 is 3.00 bits per heavy atom. The number of nitrogens with zero attached hydrogens (tertiary/aromatic N) is 2. The SMILES string of the molecule is CC(C#N)CCc1ccccn1. The van der Waals surface area contributed by atoms with E-state index in [9.17, 15) is 0 Å². The normalized spacial score (nSPS) is 12.0. The molecule has 0 N–H and O–H groups in total. The van der Waals surface area contributed by atoms with Gasteiger partial charge in [0.15, 0.2) is 0 Å². The molecule has 0 fully saturated rings. The maximum Gasteiger partial charge on any atom is 0.0652 e. The van der Waals surface area contributed by atoms with Gasteiger partial charge in [0.05, 0.1) is 6.07 Å². The summed E-state index contributed by atoms with van der Waals surface area (Å²) in [7, 11) is 0. The van der Waals surface area contributed by atoms with Crippen molar-refractivity contribution in [2.45, 2.75) is 19.8 Å². The lowest BCUT2D eigenvalue weighted by atomic mass is 10.1. The van der Waals surface area contributed by atoms with Gasteiger partial charge in [-0.1, -0.05) is 6.07 Å². The number of rotatable bonds is 3. The lowest BCUT2D eigenvalue weighted by Gasteiger charge is -2.00. The van der Waals surface area contributed by atoms with Crippen LogP contribution in [0.25, 0.3) is 0 Å². The molecule has 0 aliphatic rings. The molecule has 62 valence electrons. The van der Waals surface area contributed by atoms with Crippen molar-refractivity contribution in [2.24, 2.45) is 5.92 Å². The number of hydrogen-bond acceptors (Lipinski definition) is 2.